The molecule has 1 aliphatic heterocycles. The second-order valence-electron chi connectivity index (χ2n) is 6.67. The summed E-state index contributed by atoms with van der Waals surface area (Å²) in [5.41, 5.74) is 7.69. The number of benzene rings is 2. The number of nitrogens with two attached hydrogens (primary N) is 1. The highest BCUT2D eigenvalue weighted by Gasteiger charge is 2.31. The number of hydrogen-bond acceptors (Lipinski definition) is 3. The van der Waals surface area contributed by atoms with Crippen LogP contribution in [0.2, 0.25) is 0 Å². The van der Waals surface area contributed by atoms with Crippen LogP contribution >= 0.6 is 0 Å². The van der Waals surface area contributed by atoms with E-state index in [2.05, 4.69) is 17.6 Å². The number of para-hydroxylation sites is 1. The first-order valence-electron chi connectivity index (χ1n) is 8.81. The molecule has 3 amide bonds. The van der Waals surface area contributed by atoms with Gasteiger partial charge in [0.25, 0.3) is 5.91 Å². The van der Waals surface area contributed by atoms with Crippen molar-refractivity contribution in [1.29, 1.82) is 0 Å². The Morgan fingerprint density at radius 1 is 1.04 bits per heavy atom. The molecule has 0 spiro atoms. The van der Waals surface area contributed by atoms with Gasteiger partial charge < -0.3 is 21.3 Å². The topological polar surface area (TPSA) is 87.5 Å². The largest absolute Gasteiger partial charge is 0.336 e. The summed E-state index contributed by atoms with van der Waals surface area (Å²) >= 11 is 0. The van der Waals surface area contributed by atoms with Gasteiger partial charge in [0.15, 0.2) is 0 Å². The summed E-state index contributed by atoms with van der Waals surface area (Å²) < 4.78 is 0. The van der Waals surface area contributed by atoms with Crippen molar-refractivity contribution in [2.75, 3.05) is 23.7 Å². The highest BCUT2D eigenvalue weighted by molar-refractivity contribution is 6.00. The summed E-state index contributed by atoms with van der Waals surface area (Å²) in [7, 11) is 0. The Kier molecular flexibility index (Phi) is 5.53. The van der Waals surface area contributed by atoms with E-state index in [9.17, 15) is 9.59 Å². The average molecular weight is 352 g/mol. The molecule has 1 fully saturated rings. The molecular weight excluding hydrogens is 328 g/mol. The number of likely N-dealkylation sites (tertiary alicyclic amines) is 1. The number of carbonyl (C=O) groups excluding carboxylic acids is 2. The van der Waals surface area contributed by atoms with Gasteiger partial charge in [-0.15, -0.1) is 0 Å². The van der Waals surface area contributed by atoms with Crippen LogP contribution in [0.1, 0.15) is 23.7 Å². The lowest BCUT2D eigenvalue weighted by atomic mass is 10.1. The fourth-order valence-corrected chi connectivity index (χ4v) is 3.27. The molecule has 0 radical (unpaired) electrons. The Morgan fingerprint density at radius 2 is 1.65 bits per heavy atom. The molecule has 4 N–H and O–H groups in total. The van der Waals surface area contributed by atoms with Gasteiger partial charge in [0.2, 0.25) is 0 Å². The van der Waals surface area contributed by atoms with Crippen molar-refractivity contribution in [1.82, 2.24) is 4.90 Å². The van der Waals surface area contributed by atoms with Crippen LogP contribution in [-0.4, -0.2) is 36.0 Å². The molecule has 3 rings (SSSR count). The van der Waals surface area contributed by atoms with Crippen molar-refractivity contribution in [2.24, 2.45) is 11.7 Å². The van der Waals surface area contributed by atoms with Crippen molar-refractivity contribution in [3.63, 3.8) is 0 Å². The molecule has 136 valence electrons. The van der Waals surface area contributed by atoms with Gasteiger partial charge in [-0.05, 0) is 62.2 Å². The smallest absolute Gasteiger partial charge is 0.323 e. The van der Waals surface area contributed by atoms with Crippen molar-refractivity contribution in [3.8, 4) is 0 Å². The first-order valence-corrected chi connectivity index (χ1v) is 8.81. The van der Waals surface area contributed by atoms with E-state index in [1.807, 2.05) is 35.2 Å². The molecule has 2 aromatic rings. The normalized spacial score (nSPS) is 19.2. The van der Waals surface area contributed by atoms with Crippen molar-refractivity contribution in [2.45, 2.75) is 19.4 Å². The van der Waals surface area contributed by atoms with Crippen LogP contribution in [-0.2, 0) is 0 Å². The molecular formula is C20H24N4O2. The van der Waals surface area contributed by atoms with Gasteiger partial charge in [-0.2, -0.15) is 0 Å². The van der Waals surface area contributed by atoms with Crippen LogP contribution in [0.25, 0.3) is 0 Å². The van der Waals surface area contributed by atoms with Gasteiger partial charge >= 0.3 is 6.03 Å². The second kappa shape index (κ2) is 8.01. The third-order valence-corrected chi connectivity index (χ3v) is 4.68. The fourth-order valence-electron chi connectivity index (χ4n) is 3.27. The monoisotopic (exact) mass is 352 g/mol. The van der Waals surface area contributed by atoms with Gasteiger partial charge in [0, 0.05) is 29.5 Å². The maximum absolute atomic E-state index is 12.7. The van der Waals surface area contributed by atoms with E-state index in [1.54, 1.807) is 24.3 Å². The fraction of sp³-hybridized carbons (Fsp3) is 0.300. The molecule has 1 saturated heterocycles. The van der Waals surface area contributed by atoms with Gasteiger partial charge in [-0.1, -0.05) is 18.2 Å². The first-order chi connectivity index (χ1) is 12.6. The van der Waals surface area contributed by atoms with Gasteiger partial charge in [-0.3, -0.25) is 4.79 Å². The summed E-state index contributed by atoms with van der Waals surface area (Å²) in [5, 5.41) is 5.51. The third kappa shape index (κ3) is 4.21. The maximum atomic E-state index is 12.7. The molecule has 2 aromatic carbocycles. The lowest BCUT2D eigenvalue weighted by molar-refractivity contribution is 0.0743. The number of nitrogens with one attached hydrogen (secondary N) is 2. The van der Waals surface area contributed by atoms with Crippen LogP contribution in [0.4, 0.5) is 16.2 Å². The van der Waals surface area contributed by atoms with Crippen LogP contribution < -0.4 is 16.4 Å². The van der Waals surface area contributed by atoms with Crippen molar-refractivity contribution >= 4 is 23.3 Å². The summed E-state index contributed by atoms with van der Waals surface area (Å²) in [6.07, 6.45) is 0.946. The SMILES string of the molecule is CC1CC(CN)CN1C(=O)c1ccc(NC(=O)Nc2ccccc2)cc1. The molecule has 26 heavy (non-hydrogen) atoms. The number of hydrogen-bond donors (Lipinski definition) is 3. The third-order valence-electron chi connectivity index (χ3n) is 4.68. The summed E-state index contributed by atoms with van der Waals surface area (Å²) in [6.45, 7) is 3.36. The number of rotatable bonds is 4. The molecule has 1 heterocycles. The molecule has 2 unspecified atom stereocenters. The van der Waals surface area contributed by atoms with Gasteiger partial charge in [-0.25, -0.2) is 4.79 Å². The molecule has 6 nitrogen and oxygen atoms in total. The van der Waals surface area contributed by atoms with Crippen molar-refractivity contribution in [3.05, 3.63) is 60.2 Å². The lowest BCUT2D eigenvalue weighted by Crippen LogP contribution is -2.34. The Bertz CT molecular complexity index is 761. The Balaban J connectivity index is 1.59. The predicted molar refractivity (Wildman–Crippen MR) is 103 cm³/mol. The number of nitrogens with zero attached hydrogens (tertiary/aromatic N) is 1. The minimum Gasteiger partial charge on any atom is -0.336 e. The van der Waals surface area contributed by atoms with Crippen molar-refractivity contribution < 1.29 is 9.59 Å². The van der Waals surface area contributed by atoms with Crippen LogP contribution in [0.3, 0.4) is 0 Å². The molecule has 0 aliphatic carbocycles. The zero-order valence-corrected chi connectivity index (χ0v) is 14.8. The molecule has 1 aliphatic rings. The van der Waals surface area contributed by atoms with E-state index in [4.69, 9.17) is 5.73 Å². The minimum absolute atomic E-state index is 0.00809. The number of anilines is 2. The summed E-state index contributed by atoms with van der Waals surface area (Å²) in [4.78, 5) is 26.6. The van der Waals surface area contributed by atoms with E-state index in [-0.39, 0.29) is 18.0 Å². The summed E-state index contributed by atoms with van der Waals surface area (Å²) in [5.74, 6) is 0.380. The molecule has 6 heteroatoms. The zero-order chi connectivity index (χ0) is 18.5. The Morgan fingerprint density at radius 3 is 2.23 bits per heavy atom. The van der Waals surface area contributed by atoms with E-state index < -0.39 is 0 Å². The van der Waals surface area contributed by atoms with Gasteiger partial charge in [0.1, 0.15) is 0 Å². The number of amides is 3. The molecule has 0 bridgehead atoms. The first kappa shape index (κ1) is 17.9. The molecule has 0 aromatic heterocycles. The number of carbonyl (C=O) groups is 2. The Labute approximate surface area is 153 Å². The highest BCUT2D eigenvalue weighted by atomic mass is 16.2. The molecule has 2 atom stereocenters. The van der Waals surface area contributed by atoms with E-state index >= 15 is 0 Å². The zero-order valence-electron chi connectivity index (χ0n) is 14.8. The van der Waals surface area contributed by atoms with Crippen LogP contribution in [0.15, 0.2) is 54.6 Å². The second-order valence-corrected chi connectivity index (χ2v) is 6.67. The van der Waals surface area contributed by atoms with Crippen LogP contribution in [0, 0.1) is 5.92 Å². The molecule has 0 saturated carbocycles. The quantitative estimate of drug-likeness (QED) is 0.790. The van der Waals surface area contributed by atoms with E-state index in [0.29, 0.717) is 35.9 Å². The average Bonchev–Trinajstić information content (AvgIpc) is 3.03. The minimum atomic E-state index is -0.325. The standard InChI is InChI=1S/C20H24N4O2/c1-14-11-15(12-21)13-24(14)19(25)16-7-9-18(10-8-16)23-20(26)22-17-5-3-2-4-6-17/h2-10,14-15H,11-13,21H2,1H3,(H2,22,23,26). The van der Waals surface area contributed by atoms with Crippen LogP contribution in [0.5, 0.6) is 0 Å². The maximum Gasteiger partial charge on any atom is 0.323 e. The van der Waals surface area contributed by atoms with E-state index in [1.165, 1.54) is 0 Å². The van der Waals surface area contributed by atoms with E-state index in [0.717, 1.165) is 6.42 Å². The summed E-state index contributed by atoms with van der Waals surface area (Å²) in [6, 6.07) is 16.0. The number of urea groups is 1. The highest BCUT2D eigenvalue weighted by Crippen LogP contribution is 2.24. The lowest BCUT2D eigenvalue weighted by Gasteiger charge is -2.21. The Hall–Kier alpha value is -2.86. The predicted octanol–water partition coefficient (Wildman–Crippen LogP) is 3.14. The van der Waals surface area contributed by atoms with Gasteiger partial charge in [0.05, 0.1) is 0 Å².